The Kier molecular flexibility index (Phi) is 5.94. The lowest BCUT2D eigenvalue weighted by atomic mass is 9.68. The van der Waals surface area contributed by atoms with E-state index >= 15 is 0 Å². The number of nitrogens with zero attached hydrogens (tertiary/aromatic N) is 6. The Morgan fingerprint density at radius 3 is 1.61 bits per heavy atom. The number of alkyl halides is 6. The molecule has 4 atom stereocenters. The Labute approximate surface area is 219 Å². The molecule has 0 amide bonds. The van der Waals surface area contributed by atoms with E-state index in [2.05, 4.69) is 14.8 Å². The van der Waals surface area contributed by atoms with Crippen LogP contribution in [0.3, 0.4) is 0 Å². The monoisotopic (exact) mass is 558 g/mol. The van der Waals surface area contributed by atoms with E-state index in [0.29, 0.717) is 0 Å². The number of halogens is 6. The number of fused-ring (bicyclic) bond motifs is 6. The van der Waals surface area contributed by atoms with Gasteiger partial charge >= 0.3 is 12.4 Å². The molecule has 0 aromatic carbocycles. The molecule has 0 spiro atoms. The van der Waals surface area contributed by atoms with Gasteiger partial charge in [0.25, 0.3) is 5.70 Å². The van der Waals surface area contributed by atoms with Gasteiger partial charge in [0.05, 0.1) is 12.6 Å². The van der Waals surface area contributed by atoms with Gasteiger partial charge in [0.2, 0.25) is 0 Å². The molecule has 0 N–H and O–H groups in total. The maximum absolute atomic E-state index is 13.4. The topological polar surface area (TPSA) is 102 Å². The first-order chi connectivity index (χ1) is 17.9. The number of hydrogen-bond acceptors (Lipinski definition) is 7. The van der Waals surface area contributed by atoms with Gasteiger partial charge in [0.1, 0.15) is 39.2 Å². The minimum atomic E-state index is -4.74. The van der Waals surface area contributed by atoms with E-state index in [1.165, 1.54) is 12.1 Å². The molecule has 2 aromatic rings. The van der Waals surface area contributed by atoms with Crippen LogP contribution in [-0.4, -0.2) is 20.5 Å². The van der Waals surface area contributed by atoms with Crippen LogP contribution in [-0.2, 0) is 12.4 Å². The fraction of sp³-hybridized carbons (Fsp3) is 0.250. The van der Waals surface area contributed by atoms with Crippen molar-refractivity contribution >= 4 is 23.5 Å². The first kappa shape index (κ1) is 25.7. The third kappa shape index (κ3) is 3.80. The van der Waals surface area contributed by atoms with Crippen molar-refractivity contribution in [1.82, 2.24) is 9.97 Å². The summed E-state index contributed by atoms with van der Waals surface area (Å²) in [6, 6.07) is 9.31. The zero-order valence-corrected chi connectivity index (χ0v) is 20.0. The Hall–Kier alpha value is -3.98. The van der Waals surface area contributed by atoms with Crippen molar-refractivity contribution in [2.45, 2.75) is 44.7 Å². The van der Waals surface area contributed by atoms with Crippen LogP contribution in [0.5, 0.6) is 0 Å². The number of pyridine rings is 2. The van der Waals surface area contributed by atoms with Gasteiger partial charge in [-0.15, -0.1) is 0 Å². The van der Waals surface area contributed by atoms with Gasteiger partial charge in [-0.05, 0) is 34.4 Å². The molecule has 2 aromatic heterocycles. The molecule has 38 heavy (non-hydrogen) atoms. The highest BCUT2D eigenvalue weighted by Crippen LogP contribution is 2.66. The highest BCUT2D eigenvalue weighted by molar-refractivity contribution is 8.01. The van der Waals surface area contributed by atoms with E-state index in [1.54, 1.807) is 18.2 Å². The molecule has 2 aliphatic heterocycles. The van der Waals surface area contributed by atoms with Gasteiger partial charge in [0, 0.05) is 22.3 Å². The number of allylic oxidation sites excluding steroid dienone is 2. The lowest BCUT2D eigenvalue weighted by Gasteiger charge is -2.39. The molecule has 1 aliphatic carbocycles. The van der Waals surface area contributed by atoms with Crippen LogP contribution < -0.4 is 0 Å². The molecule has 3 aliphatic rings. The summed E-state index contributed by atoms with van der Waals surface area (Å²) in [5, 5.41) is 27.4. The van der Waals surface area contributed by atoms with E-state index in [-0.39, 0.29) is 43.6 Å². The average Bonchev–Trinajstić information content (AvgIpc) is 3.43. The van der Waals surface area contributed by atoms with E-state index in [4.69, 9.17) is 6.57 Å². The Morgan fingerprint density at radius 1 is 0.763 bits per heavy atom. The smallest absolute Gasteiger partial charge is 0.237 e. The summed E-state index contributed by atoms with van der Waals surface area (Å²) in [7, 11) is 0. The van der Waals surface area contributed by atoms with E-state index < -0.39 is 46.1 Å². The molecule has 6 nitrogen and oxygen atoms in total. The first-order valence-corrected chi connectivity index (χ1v) is 12.3. The van der Waals surface area contributed by atoms with Crippen molar-refractivity contribution < 1.29 is 26.3 Å². The SMILES string of the molecule is [C-]#[N+]/C(C#N)=C1/C2Sc3nc(C(F)(F)F)ccc3C2C(=C(C#N)C#N)C2Sc3nc(C(F)(F)F)ccc3C12. The minimum Gasteiger partial charge on any atom is -0.237 e. The zero-order chi connectivity index (χ0) is 27.6. The van der Waals surface area contributed by atoms with Gasteiger partial charge in [-0.2, -0.15) is 36.9 Å². The van der Waals surface area contributed by atoms with Gasteiger partial charge in [0.15, 0.2) is 0 Å². The molecule has 1 saturated carbocycles. The molecule has 14 heteroatoms. The standard InChI is InChI=1S/C24H8F6N6S2/c1-34-12(8-33)18-17-11-3-5-14(24(28,29)30)36-22(11)37-19(17)15(9(6-31)7-32)16-10-2-4-13(23(25,26)27)35-21(10)38-20(16)18/h2-5,16-17,19-20H/b18-12+. The highest BCUT2D eigenvalue weighted by Gasteiger charge is 2.56. The van der Waals surface area contributed by atoms with Crippen LogP contribution in [0.15, 0.2) is 56.7 Å². The van der Waals surface area contributed by atoms with Gasteiger partial charge < -0.3 is 0 Å². The average molecular weight is 558 g/mol. The maximum atomic E-state index is 13.4. The van der Waals surface area contributed by atoms with Crippen LogP contribution in [0.25, 0.3) is 4.85 Å². The second-order valence-corrected chi connectivity index (χ2v) is 10.6. The van der Waals surface area contributed by atoms with E-state index in [0.717, 1.165) is 35.7 Å². The molecule has 0 radical (unpaired) electrons. The molecule has 0 saturated heterocycles. The highest BCUT2D eigenvalue weighted by atomic mass is 32.2. The molecule has 4 heterocycles. The lowest BCUT2D eigenvalue weighted by Crippen LogP contribution is -2.35. The van der Waals surface area contributed by atoms with E-state index in [1.807, 2.05) is 0 Å². The third-order valence-electron chi connectivity index (χ3n) is 6.40. The second kappa shape index (κ2) is 8.80. The first-order valence-electron chi connectivity index (χ1n) is 10.5. The van der Waals surface area contributed by atoms with Crippen LogP contribution >= 0.6 is 23.5 Å². The van der Waals surface area contributed by atoms with Crippen LogP contribution in [0.1, 0.15) is 34.4 Å². The summed E-state index contributed by atoms with van der Waals surface area (Å²) in [6.07, 6.45) is -9.49. The number of rotatable bonds is 0. The minimum absolute atomic E-state index is 0.0296. The summed E-state index contributed by atoms with van der Waals surface area (Å²) in [4.78, 5) is 10.8. The van der Waals surface area contributed by atoms with Crippen molar-refractivity contribution in [1.29, 1.82) is 15.8 Å². The van der Waals surface area contributed by atoms with Crippen molar-refractivity contribution in [3.63, 3.8) is 0 Å². The Bertz CT molecular complexity index is 1480. The zero-order valence-electron chi connectivity index (χ0n) is 18.4. The quantitative estimate of drug-likeness (QED) is 0.210. The number of aromatic nitrogens is 2. The van der Waals surface area contributed by atoms with Crippen molar-refractivity contribution in [3.05, 3.63) is 80.6 Å². The summed E-state index contributed by atoms with van der Waals surface area (Å²) < 4.78 is 80.2. The molecule has 0 bridgehead atoms. The summed E-state index contributed by atoms with van der Waals surface area (Å²) in [6.45, 7) is 7.57. The lowest BCUT2D eigenvalue weighted by molar-refractivity contribution is -0.142. The number of nitriles is 3. The van der Waals surface area contributed by atoms with Crippen LogP contribution in [0.4, 0.5) is 26.3 Å². The molecule has 1 fully saturated rings. The van der Waals surface area contributed by atoms with Crippen molar-refractivity contribution in [2.75, 3.05) is 0 Å². The maximum Gasteiger partial charge on any atom is 0.433 e. The normalized spacial score (nSPS) is 24.5. The van der Waals surface area contributed by atoms with Gasteiger partial charge in [-0.3, -0.25) is 0 Å². The van der Waals surface area contributed by atoms with Crippen LogP contribution in [0, 0.1) is 40.6 Å². The molecule has 188 valence electrons. The Balaban J connectivity index is 1.80. The van der Waals surface area contributed by atoms with Crippen LogP contribution in [0.2, 0.25) is 0 Å². The molecule has 5 rings (SSSR count). The number of thioether (sulfide) groups is 2. The molecular formula is C24H8F6N6S2. The molecule has 4 unspecified atom stereocenters. The summed E-state index contributed by atoms with van der Waals surface area (Å²) >= 11 is 1.73. The fourth-order valence-corrected chi connectivity index (χ4v) is 8.05. The summed E-state index contributed by atoms with van der Waals surface area (Å²) in [5.74, 6) is -1.82. The largest absolute Gasteiger partial charge is 0.433 e. The van der Waals surface area contributed by atoms with E-state index in [9.17, 15) is 42.1 Å². The van der Waals surface area contributed by atoms with Crippen molar-refractivity contribution in [3.8, 4) is 18.2 Å². The second-order valence-electron chi connectivity index (χ2n) is 8.29. The predicted molar refractivity (Wildman–Crippen MR) is 121 cm³/mol. The van der Waals surface area contributed by atoms with Gasteiger partial charge in [-0.1, -0.05) is 35.7 Å². The third-order valence-corrected chi connectivity index (χ3v) is 9.06. The van der Waals surface area contributed by atoms with Crippen molar-refractivity contribution in [2.24, 2.45) is 0 Å². The predicted octanol–water partition coefficient (Wildman–Crippen LogP) is 6.38. The number of hydrogen-bond donors (Lipinski definition) is 0. The molecular weight excluding hydrogens is 550 g/mol. The van der Waals surface area contributed by atoms with Gasteiger partial charge in [-0.25, -0.2) is 20.1 Å². The summed E-state index contributed by atoms with van der Waals surface area (Å²) in [5.41, 5.74) is -2.10. The Morgan fingerprint density at radius 2 is 1.21 bits per heavy atom. The fourth-order valence-electron chi connectivity index (χ4n) is 4.97.